The van der Waals surface area contributed by atoms with Crippen molar-refractivity contribution in [2.24, 2.45) is 5.73 Å². The number of aliphatic carboxylic acids is 1. The van der Waals surface area contributed by atoms with E-state index in [9.17, 15) is 9.90 Å². The number of ether oxygens (including phenoxy) is 1. The van der Waals surface area contributed by atoms with E-state index < -0.39 is 18.1 Å². The highest BCUT2D eigenvalue weighted by Gasteiger charge is 2.21. The van der Waals surface area contributed by atoms with E-state index in [2.05, 4.69) is 0 Å². The normalized spacial score (nSPS) is 14.0. The average molecular weight is 274 g/mol. The van der Waals surface area contributed by atoms with Gasteiger partial charge < -0.3 is 20.7 Å². The van der Waals surface area contributed by atoms with Gasteiger partial charge in [-0.3, -0.25) is 4.79 Å². The number of carboxylic acid groups (broad SMARTS) is 1. The maximum Gasteiger partial charge on any atom is 0.303 e. The molecule has 2 atom stereocenters. The molecule has 2 unspecified atom stereocenters. The van der Waals surface area contributed by atoms with Crippen molar-refractivity contribution in [3.63, 3.8) is 0 Å². The van der Waals surface area contributed by atoms with Crippen LogP contribution in [0.4, 0.5) is 0 Å². The number of halogens is 1. The second kappa shape index (κ2) is 6.58. The smallest absolute Gasteiger partial charge is 0.303 e. The van der Waals surface area contributed by atoms with E-state index in [4.69, 9.17) is 27.2 Å². The van der Waals surface area contributed by atoms with Gasteiger partial charge in [-0.2, -0.15) is 0 Å². The Labute approximate surface area is 110 Å². The summed E-state index contributed by atoms with van der Waals surface area (Å²) in [6, 6.07) is 4.14. The van der Waals surface area contributed by atoms with Crippen molar-refractivity contribution in [2.75, 3.05) is 7.11 Å². The third kappa shape index (κ3) is 3.87. The molecule has 0 radical (unpaired) electrons. The van der Waals surface area contributed by atoms with Gasteiger partial charge in [-0.15, -0.1) is 0 Å². The van der Waals surface area contributed by atoms with Crippen LogP contribution < -0.4 is 10.5 Å². The van der Waals surface area contributed by atoms with Crippen LogP contribution >= 0.6 is 11.6 Å². The highest BCUT2D eigenvalue weighted by Crippen LogP contribution is 2.30. The van der Waals surface area contributed by atoms with Gasteiger partial charge in [-0.1, -0.05) is 11.6 Å². The fraction of sp³-hybridized carbons (Fsp3) is 0.417. The monoisotopic (exact) mass is 273 g/mol. The largest absolute Gasteiger partial charge is 0.496 e. The quantitative estimate of drug-likeness (QED) is 0.732. The highest BCUT2D eigenvalue weighted by molar-refractivity contribution is 6.30. The van der Waals surface area contributed by atoms with Crippen molar-refractivity contribution in [1.29, 1.82) is 0 Å². The van der Waals surface area contributed by atoms with Gasteiger partial charge in [0, 0.05) is 23.0 Å². The second-order valence-corrected chi connectivity index (χ2v) is 4.36. The summed E-state index contributed by atoms with van der Waals surface area (Å²) in [5.74, 6) is -0.478. The fourth-order valence-corrected chi connectivity index (χ4v) is 1.80. The number of methoxy groups -OCH3 is 1. The number of hydrogen-bond donors (Lipinski definition) is 3. The van der Waals surface area contributed by atoms with E-state index in [-0.39, 0.29) is 12.8 Å². The molecule has 0 bridgehead atoms. The summed E-state index contributed by atoms with van der Waals surface area (Å²) >= 11 is 5.85. The first-order chi connectivity index (χ1) is 8.45. The summed E-state index contributed by atoms with van der Waals surface area (Å²) in [5, 5.41) is 19.1. The average Bonchev–Trinajstić information content (AvgIpc) is 2.34. The Morgan fingerprint density at radius 2 is 2.22 bits per heavy atom. The number of aliphatic hydroxyl groups is 1. The van der Waals surface area contributed by atoms with Gasteiger partial charge >= 0.3 is 5.97 Å². The third-order valence-electron chi connectivity index (χ3n) is 2.61. The Morgan fingerprint density at radius 3 is 2.78 bits per heavy atom. The molecule has 0 fully saturated rings. The van der Waals surface area contributed by atoms with Crippen LogP contribution in [0.15, 0.2) is 18.2 Å². The molecule has 0 aromatic heterocycles. The number of nitrogens with two attached hydrogens (primary N) is 1. The van der Waals surface area contributed by atoms with Crippen LogP contribution in [0.3, 0.4) is 0 Å². The Balaban J connectivity index is 2.84. The van der Waals surface area contributed by atoms with Gasteiger partial charge in [0.25, 0.3) is 0 Å². The van der Waals surface area contributed by atoms with Crippen molar-refractivity contribution < 1.29 is 19.7 Å². The van der Waals surface area contributed by atoms with Crippen LogP contribution in [-0.4, -0.2) is 29.3 Å². The molecule has 0 heterocycles. The maximum atomic E-state index is 10.5. The number of carboxylic acids is 1. The zero-order valence-corrected chi connectivity index (χ0v) is 10.7. The zero-order valence-electron chi connectivity index (χ0n) is 9.97. The number of carbonyl (C=O) groups is 1. The standard InChI is InChI=1S/C12H16ClNO4/c1-18-10-4-2-7(13)6-8(10)12(17)9(14)3-5-11(15)16/h2,4,6,9,12,17H,3,5,14H2,1H3,(H,15,16). The summed E-state index contributed by atoms with van der Waals surface area (Å²) in [6.07, 6.45) is -0.939. The molecule has 0 aliphatic carbocycles. The molecule has 0 saturated heterocycles. The van der Waals surface area contributed by atoms with Gasteiger partial charge in [-0.25, -0.2) is 0 Å². The molecule has 0 saturated carbocycles. The van der Waals surface area contributed by atoms with Gasteiger partial charge in [-0.05, 0) is 24.6 Å². The Hall–Kier alpha value is -1.30. The molecule has 4 N–H and O–H groups in total. The Kier molecular flexibility index (Phi) is 5.40. The molecular weight excluding hydrogens is 258 g/mol. The number of benzene rings is 1. The van der Waals surface area contributed by atoms with Gasteiger partial charge in [0.15, 0.2) is 0 Å². The molecule has 0 amide bonds. The van der Waals surface area contributed by atoms with Crippen LogP contribution in [0.5, 0.6) is 5.75 Å². The summed E-state index contributed by atoms with van der Waals surface area (Å²) in [7, 11) is 1.47. The van der Waals surface area contributed by atoms with E-state index in [1.807, 2.05) is 0 Å². The lowest BCUT2D eigenvalue weighted by Crippen LogP contribution is -2.29. The number of hydrogen-bond acceptors (Lipinski definition) is 4. The first-order valence-corrected chi connectivity index (χ1v) is 5.82. The minimum atomic E-state index is -1.02. The molecule has 6 heteroatoms. The first kappa shape index (κ1) is 14.8. The first-order valence-electron chi connectivity index (χ1n) is 5.44. The maximum absolute atomic E-state index is 10.5. The van der Waals surface area contributed by atoms with Crippen LogP contribution in [0.2, 0.25) is 5.02 Å². The lowest BCUT2D eigenvalue weighted by Gasteiger charge is -2.20. The van der Waals surface area contributed by atoms with Crippen molar-refractivity contribution in [3.05, 3.63) is 28.8 Å². The van der Waals surface area contributed by atoms with Gasteiger partial charge in [0.1, 0.15) is 5.75 Å². The third-order valence-corrected chi connectivity index (χ3v) is 2.84. The molecule has 1 aromatic rings. The molecule has 100 valence electrons. The molecule has 0 aliphatic rings. The summed E-state index contributed by atoms with van der Waals surface area (Å²) < 4.78 is 5.11. The number of rotatable bonds is 6. The molecule has 0 spiro atoms. The van der Waals surface area contributed by atoms with Crippen molar-refractivity contribution >= 4 is 17.6 Å². The fourth-order valence-electron chi connectivity index (χ4n) is 1.61. The SMILES string of the molecule is COc1ccc(Cl)cc1C(O)C(N)CCC(=O)O. The van der Waals surface area contributed by atoms with Crippen LogP contribution in [0.1, 0.15) is 24.5 Å². The zero-order chi connectivity index (χ0) is 13.7. The summed E-state index contributed by atoms with van der Waals surface area (Å²) in [5.41, 5.74) is 6.22. The molecule has 5 nitrogen and oxygen atoms in total. The van der Waals surface area contributed by atoms with E-state index in [1.54, 1.807) is 18.2 Å². The molecule has 18 heavy (non-hydrogen) atoms. The Bertz CT molecular complexity index is 425. The van der Waals surface area contributed by atoms with E-state index in [0.717, 1.165) is 0 Å². The number of aliphatic hydroxyl groups excluding tert-OH is 1. The lowest BCUT2D eigenvalue weighted by atomic mass is 9.98. The molecule has 1 aromatic carbocycles. The topological polar surface area (TPSA) is 92.8 Å². The van der Waals surface area contributed by atoms with Crippen LogP contribution in [0, 0.1) is 0 Å². The predicted octanol–water partition coefficient (Wildman–Crippen LogP) is 1.57. The van der Waals surface area contributed by atoms with E-state index >= 15 is 0 Å². The summed E-state index contributed by atoms with van der Waals surface area (Å²) in [6.45, 7) is 0. The van der Waals surface area contributed by atoms with Crippen molar-refractivity contribution in [2.45, 2.75) is 25.0 Å². The van der Waals surface area contributed by atoms with Crippen molar-refractivity contribution in [1.82, 2.24) is 0 Å². The molecular formula is C12H16ClNO4. The van der Waals surface area contributed by atoms with Crippen molar-refractivity contribution in [3.8, 4) is 5.75 Å². The lowest BCUT2D eigenvalue weighted by molar-refractivity contribution is -0.137. The minimum Gasteiger partial charge on any atom is -0.496 e. The van der Waals surface area contributed by atoms with E-state index in [1.165, 1.54) is 7.11 Å². The van der Waals surface area contributed by atoms with Gasteiger partial charge in [0.05, 0.1) is 13.2 Å². The van der Waals surface area contributed by atoms with E-state index in [0.29, 0.717) is 16.3 Å². The summed E-state index contributed by atoms with van der Waals surface area (Å²) in [4.78, 5) is 10.5. The van der Waals surface area contributed by atoms with Gasteiger partial charge in [0.2, 0.25) is 0 Å². The minimum absolute atomic E-state index is 0.0961. The molecule has 0 aliphatic heterocycles. The Morgan fingerprint density at radius 1 is 1.56 bits per heavy atom. The van der Waals surface area contributed by atoms with Crippen LogP contribution in [0.25, 0.3) is 0 Å². The predicted molar refractivity (Wildman–Crippen MR) is 67.8 cm³/mol. The second-order valence-electron chi connectivity index (χ2n) is 3.93. The highest BCUT2D eigenvalue weighted by atomic mass is 35.5. The molecule has 1 rings (SSSR count). The van der Waals surface area contributed by atoms with Crippen LogP contribution in [-0.2, 0) is 4.79 Å².